The molecule has 0 saturated heterocycles. The fraction of sp³-hybridized carbons (Fsp3) is 0.500. The van der Waals surface area contributed by atoms with Crippen molar-refractivity contribution in [2.45, 2.75) is 9.97 Å². The minimum Gasteiger partial charge on any atom is -0.222 e. The van der Waals surface area contributed by atoms with Crippen molar-refractivity contribution >= 4 is 34.7 Å². The number of hydrogen-bond acceptors (Lipinski definition) is 4. The predicted molar refractivity (Wildman–Crippen MR) is 41.4 cm³/mol. The van der Waals surface area contributed by atoms with Gasteiger partial charge in [0, 0.05) is 0 Å². The van der Waals surface area contributed by atoms with Crippen LogP contribution in [0.25, 0.3) is 0 Å². The Hall–Kier alpha value is 0.130. The van der Waals surface area contributed by atoms with Gasteiger partial charge in [0.15, 0.2) is 9.35 Å². The fourth-order valence-electron chi connectivity index (χ4n) is 0.391. The highest BCUT2D eigenvalue weighted by Crippen LogP contribution is 2.28. The molecule has 6 heteroatoms. The maximum atomic E-state index is 12.2. The average molecular weight is 199 g/mol. The molecule has 0 aliphatic rings. The topological polar surface area (TPSA) is 25.8 Å². The lowest BCUT2D eigenvalue weighted by atomic mass is 10.8. The summed E-state index contributed by atoms with van der Waals surface area (Å²) in [6, 6.07) is 0. The van der Waals surface area contributed by atoms with Crippen molar-refractivity contribution in [1.82, 2.24) is 10.2 Å². The van der Waals surface area contributed by atoms with Crippen molar-refractivity contribution in [3.63, 3.8) is 0 Å². The minimum absolute atomic E-state index is 0.228. The lowest BCUT2D eigenvalue weighted by Crippen LogP contribution is -1.78. The molecule has 10 heavy (non-hydrogen) atoms. The monoisotopic (exact) mass is 198 g/mol. The molecular weight excluding hydrogens is 195 g/mol. The van der Waals surface area contributed by atoms with Gasteiger partial charge >= 0.3 is 0 Å². The first kappa shape index (κ1) is 8.23. The summed E-state index contributed by atoms with van der Waals surface area (Å²) in [6.07, 6.45) is 1.85. The second-order valence-electron chi connectivity index (χ2n) is 1.41. The number of halogens is 2. The van der Waals surface area contributed by atoms with E-state index in [4.69, 9.17) is 11.6 Å². The molecule has 0 aliphatic heterocycles. The van der Waals surface area contributed by atoms with Crippen LogP contribution >= 0.6 is 34.7 Å². The molecule has 1 rings (SSSR count). The molecule has 1 aromatic rings. The van der Waals surface area contributed by atoms with Crippen LogP contribution < -0.4 is 0 Å². The van der Waals surface area contributed by atoms with Crippen molar-refractivity contribution < 1.29 is 4.39 Å². The van der Waals surface area contributed by atoms with Gasteiger partial charge in [-0.25, -0.2) is 4.39 Å². The van der Waals surface area contributed by atoms with Crippen molar-refractivity contribution in [3.8, 4) is 0 Å². The molecule has 1 aromatic heterocycles. The lowest BCUT2D eigenvalue weighted by molar-refractivity contribution is 0.456. The van der Waals surface area contributed by atoms with Crippen LogP contribution in [0.15, 0.2) is 4.34 Å². The maximum absolute atomic E-state index is 12.2. The van der Waals surface area contributed by atoms with E-state index in [2.05, 4.69) is 10.2 Å². The van der Waals surface area contributed by atoms with E-state index in [-0.39, 0.29) is 5.01 Å². The zero-order chi connectivity index (χ0) is 7.56. The molecule has 0 spiro atoms. The second kappa shape index (κ2) is 3.50. The summed E-state index contributed by atoms with van der Waals surface area (Å²) in [4.78, 5) is 0. The normalized spacial score (nSPS) is 13.5. The van der Waals surface area contributed by atoms with Gasteiger partial charge in [-0.2, -0.15) is 0 Å². The van der Waals surface area contributed by atoms with Crippen LogP contribution in [0.3, 0.4) is 0 Å². The molecule has 1 unspecified atom stereocenters. The van der Waals surface area contributed by atoms with Gasteiger partial charge in [-0.05, 0) is 6.26 Å². The highest BCUT2D eigenvalue weighted by atomic mass is 35.5. The van der Waals surface area contributed by atoms with Crippen molar-refractivity contribution in [2.75, 3.05) is 6.26 Å². The van der Waals surface area contributed by atoms with E-state index >= 15 is 0 Å². The molecular formula is C4H4ClFN2S2. The van der Waals surface area contributed by atoms with Gasteiger partial charge in [0.1, 0.15) is 0 Å². The average Bonchev–Trinajstić information content (AvgIpc) is 2.34. The van der Waals surface area contributed by atoms with Crippen LogP contribution in [0.4, 0.5) is 4.39 Å². The largest absolute Gasteiger partial charge is 0.226 e. The first-order chi connectivity index (χ1) is 4.74. The summed E-state index contributed by atoms with van der Waals surface area (Å²) >= 11 is 7.71. The highest BCUT2D eigenvalue weighted by Gasteiger charge is 2.10. The first-order valence-electron chi connectivity index (χ1n) is 2.39. The number of aromatic nitrogens is 2. The Bertz CT molecular complexity index is 215. The number of nitrogens with zero attached hydrogens (tertiary/aromatic N) is 2. The number of thioether (sulfide) groups is 1. The second-order valence-corrected chi connectivity index (χ2v) is 3.86. The van der Waals surface area contributed by atoms with Crippen molar-refractivity contribution in [2.24, 2.45) is 0 Å². The summed E-state index contributed by atoms with van der Waals surface area (Å²) in [5.74, 6) is 0. The molecule has 0 amide bonds. The van der Waals surface area contributed by atoms with Gasteiger partial charge in [-0.1, -0.05) is 34.7 Å². The first-order valence-corrected chi connectivity index (χ1v) is 4.87. The van der Waals surface area contributed by atoms with Crippen molar-refractivity contribution in [1.29, 1.82) is 0 Å². The Balaban J connectivity index is 2.78. The van der Waals surface area contributed by atoms with E-state index in [0.29, 0.717) is 0 Å². The maximum Gasteiger partial charge on any atom is 0.226 e. The Labute approximate surface area is 70.8 Å². The number of hydrogen-bond donors (Lipinski definition) is 0. The van der Waals surface area contributed by atoms with E-state index in [0.717, 1.165) is 4.34 Å². The summed E-state index contributed by atoms with van der Waals surface area (Å²) in [7, 11) is 0. The molecule has 1 heterocycles. The summed E-state index contributed by atoms with van der Waals surface area (Å²) < 4.78 is 13.0. The van der Waals surface area contributed by atoms with E-state index in [1.54, 1.807) is 0 Å². The quantitative estimate of drug-likeness (QED) is 0.540. The standard InChI is InChI=1S/C4H4ClFN2S2/c1-9-4-8-7-3(10-4)2(5)6/h2H,1H3. The lowest BCUT2D eigenvalue weighted by Gasteiger charge is -1.86. The zero-order valence-corrected chi connectivity index (χ0v) is 7.43. The van der Waals surface area contributed by atoms with Crippen LogP contribution in [-0.4, -0.2) is 16.5 Å². The SMILES string of the molecule is CSc1nnc(C(F)Cl)s1. The van der Waals surface area contributed by atoms with Gasteiger partial charge in [0.2, 0.25) is 5.63 Å². The Kier molecular flexibility index (Phi) is 2.88. The van der Waals surface area contributed by atoms with Gasteiger partial charge in [-0.3, -0.25) is 0 Å². The molecule has 0 aromatic carbocycles. The number of alkyl halides is 2. The molecule has 2 nitrogen and oxygen atoms in total. The third-order valence-electron chi connectivity index (χ3n) is 0.783. The van der Waals surface area contributed by atoms with Crippen molar-refractivity contribution in [3.05, 3.63) is 5.01 Å². The van der Waals surface area contributed by atoms with Crippen LogP contribution in [0, 0.1) is 0 Å². The molecule has 0 bridgehead atoms. The van der Waals surface area contributed by atoms with Gasteiger partial charge in [0.25, 0.3) is 0 Å². The van der Waals surface area contributed by atoms with Gasteiger partial charge in [-0.15, -0.1) is 10.2 Å². The Morgan fingerprint density at radius 2 is 2.40 bits per heavy atom. The van der Waals surface area contributed by atoms with Crippen LogP contribution in [0.1, 0.15) is 10.6 Å². The van der Waals surface area contributed by atoms with E-state index < -0.39 is 5.63 Å². The summed E-state index contributed by atoms with van der Waals surface area (Å²) in [5, 5.41) is 7.42. The van der Waals surface area contributed by atoms with E-state index in [1.165, 1.54) is 23.1 Å². The molecule has 0 fully saturated rings. The molecule has 0 aliphatic carbocycles. The van der Waals surface area contributed by atoms with E-state index in [1.807, 2.05) is 6.26 Å². The zero-order valence-electron chi connectivity index (χ0n) is 5.04. The van der Waals surface area contributed by atoms with Crippen LogP contribution in [-0.2, 0) is 0 Å². The minimum atomic E-state index is -1.52. The Morgan fingerprint density at radius 1 is 1.70 bits per heavy atom. The molecule has 0 N–H and O–H groups in total. The molecule has 0 saturated carbocycles. The smallest absolute Gasteiger partial charge is 0.222 e. The van der Waals surface area contributed by atoms with E-state index in [9.17, 15) is 4.39 Å². The predicted octanol–water partition coefficient (Wildman–Crippen LogP) is 2.47. The van der Waals surface area contributed by atoms with Crippen LogP contribution in [0.5, 0.6) is 0 Å². The Morgan fingerprint density at radius 3 is 2.70 bits per heavy atom. The molecule has 1 atom stereocenters. The highest BCUT2D eigenvalue weighted by molar-refractivity contribution is 8.00. The van der Waals surface area contributed by atoms with Gasteiger partial charge in [0.05, 0.1) is 0 Å². The summed E-state index contributed by atoms with van der Waals surface area (Å²) in [6.45, 7) is 0. The van der Waals surface area contributed by atoms with Crippen LogP contribution in [0.2, 0.25) is 0 Å². The third-order valence-corrected chi connectivity index (χ3v) is 3.05. The molecule has 0 radical (unpaired) electrons. The molecule has 56 valence electrons. The van der Waals surface area contributed by atoms with Gasteiger partial charge < -0.3 is 0 Å². The fourth-order valence-corrected chi connectivity index (χ4v) is 1.71. The third kappa shape index (κ3) is 1.81. The summed E-state index contributed by atoms with van der Waals surface area (Å²) in [5.41, 5.74) is -1.52. The number of rotatable bonds is 2.